The van der Waals surface area contributed by atoms with Crippen LogP contribution in [0.3, 0.4) is 0 Å². The lowest BCUT2D eigenvalue weighted by atomic mass is 9.80. The van der Waals surface area contributed by atoms with E-state index in [1.807, 2.05) is 0 Å². The highest BCUT2D eigenvalue weighted by Crippen LogP contribution is 2.52. The first-order valence-corrected chi connectivity index (χ1v) is 16.2. The van der Waals surface area contributed by atoms with Gasteiger partial charge in [-0.1, -0.05) is 64.4 Å². The first-order chi connectivity index (χ1) is 20.4. The number of halogens is 1. The summed E-state index contributed by atoms with van der Waals surface area (Å²) in [6.07, 6.45) is 13.3. The monoisotopic (exact) mass is 597 g/mol. The summed E-state index contributed by atoms with van der Waals surface area (Å²) in [6, 6.07) is 8.72. The number of fused-ring (bicyclic) bond motifs is 2. The fourth-order valence-corrected chi connectivity index (χ4v) is 7.91. The molecule has 2 aromatic carbocycles. The van der Waals surface area contributed by atoms with Gasteiger partial charge in [-0.15, -0.1) is 0 Å². The Morgan fingerprint density at radius 3 is 2.12 bits per heavy atom. The number of likely N-dealkylation sites (N-methyl/N-ethyl adjacent to an activating group) is 1. The molecule has 0 saturated heterocycles. The summed E-state index contributed by atoms with van der Waals surface area (Å²) in [7, 11) is 3.50. The van der Waals surface area contributed by atoms with Crippen molar-refractivity contribution in [2.45, 2.75) is 91.9 Å². The smallest absolute Gasteiger partial charge is 0.119 e. The maximum absolute atomic E-state index is 7.18. The number of hydrogen-bond donors (Lipinski definition) is 0. The number of aryl methyl sites for hydroxylation is 2. The van der Waals surface area contributed by atoms with Gasteiger partial charge in [-0.25, -0.2) is 0 Å². The summed E-state index contributed by atoms with van der Waals surface area (Å²) >= 11 is 7.18. The Morgan fingerprint density at radius 1 is 0.837 bits per heavy atom. The van der Waals surface area contributed by atoms with Crippen LogP contribution in [0.5, 0.6) is 11.5 Å². The van der Waals surface area contributed by atoms with Gasteiger partial charge in [-0.3, -0.25) is 0 Å². The van der Waals surface area contributed by atoms with Crippen LogP contribution in [-0.2, 0) is 10.8 Å². The van der Waals surface area contributed by atoms with Gasteiger partial charge in [0, 0.05) is 33.8 Å². The first-order valence-electron chi connectivity index (χ1n) is 15.8. The molecule has 0 saturated carbocycles. The lowest BCUT2D eigenvalue weighted by Crippen LogP contribution is -2.26. The molecule has 2 aliphatic carbocycles. The Kier molecular flexibility index (Phi) is 8.53. The Balaban J connectivity index is 1.51. The molecule has 43 heavy (non-hydrogen) atoms. The second kappa shape index (κ2) is 11.7. The largest absolute Gasteiger partial charge is 0.497 e. The van der Waals surface area contributed by atoms with E-state index in [2.05, 4.69) is 109 Å². The lowest BCUT2D eigenvalue weighted by molar-refractivity contribution is 0.413. The second-order valence-electron chi connectivity index (χ2n) is 13.2. The molecule has 0 aromatic heterocycles. The molecule has 4 heteroatoms. The zero-order valence-corrected chi connectivity index (χ0v) is 28.6. The molecule has 3 aliphatic rings. The highest BCUT2D eigenvalue weighted by molar-refractivity contribution is 6.32. The van der Waals surface area contributed by atoms with Crippen LogP contribution >= 0.6 is 11.6 Å². The minimum Gasteiger partial charge on any atom is -0.497 e. The molecule has 228 valence electrons. The Bertz CT molecular complexity index is 1610. The Labute approximate surface area is 264 Å². The molecular weight excluding hydrogens is 550 g/mol. The number of anilines is 1. The normalized spacial score (nSPS) is 21.0. The molecule has 1 aliphatic heterocycles. The van der Waals surface area contributed by atoms with Gasteiger partial charge < -0.3 is 14.4 Å². The molecule has 5 rings (SSSR count). The zero-order chi connectivity index (χ0) is 31.3. The quantitative estimate of drug-likeness (QED) is 0.317. The number of nitrogens with zero attached hydrogens (tertiary/aromatic N) is 1. The zero-order valence-electron chi connectivity index (χ0n) is 27.8. The summed E-state index contributed by atoms with van der Waals surface area (Å²) in [5, 5.41) is 0.901. The topological polar surface area (TPSA) is 21.7 Å². The number of allylic oxidation sites excluding steroid dienone is 10. The van der Waals surface area contributed by atoms with Gasteiger partial charge in [0.2, 0.25) is 0 Å². The second-order valence-corrected chi connectivity index (χ2v) is 13.6. The van der Waals surface area contributed by atoms with Crippen LogP contribution < -0.4 is 14.4 Å². The summed E-state index contributed by atoms with van der Waals surface area (Å²) in [5.74, 6) is 1.84. The molecule has 0 unspecified atom stereocenters. The number of methoxy groups -OCH3 is 2. The van der Waals surface area contributed by atoms with Crippen molar-refractivity contribution >= 4 is 22.9 Å². The maximum Gasteiger partial charge on any atom is 0.119 e. The molecule has 0 fully saturated rings. The summed E-state index contributed by atoms with van der Waals surface area (Å²) < 4.78 is 11.3. The predicted molar refractivity (Wildman–Crippen MR) is 184 cm³/mol. The third kappa shape index (κ3) is 5.18. The molecule has 0 amide bonds. The van der Waals surface area contributed by atoms with E-state index >= 15 is 0 Å². The van der Waals surface area contributed by atoms with Crippen LogP contribution in [-0.4, -0.2) is 20.8 Å². The number of rotatable bonds is 7. The Hall–Kier alpha value is -3.17. The third-order valence-electron chi connectivity index (χ3n) is 9.92. The van der Waals surface area contributed by atoms with E-state index in [1.165, 1.54) is 61.5 Å². The van der Waals surface area contributed by atoms with E-state index in [4.69, 9.17) is 21.1 Å². The van der Waals surface area contributed by atoms with Crippen molar-refractivity contribution in [2.75, 3.05) is 25.7 Å². The van der Waals surface area contributed by atoms with Crippen molar-refractivity contribution in [3.63, 3.8) is 0 Å². The van der Waals surface area contributed by atoms with Crippen molar-refractivity contribution in [1.82, 2.24) is 0 Å². The van der Waals surface area contributed by atoms with Gasteiger partial charge in [0.1, 0.15) is 11.5 Å². The van der Waals surface area contributed by atoms with Crippen molar-refractivity contribution in [3.8, 4) is 11.5 Å². The fourth-order valence-electron chi connectivity index (χ4n) is 7.59. The van der Waals surface area contributed by atoms with Crippen molar-refractivity contribution < 1.29 is 9.47 Å². The standard InChI is InChI=1S/C39H48ClNO2/c1-11-30-31(38(5,6)32-22-28(42-9)20-24(3)35(30)32)18-16-26-14-13-15-27(36(26)40)17-19-34-39(7,8)33-23-29(43-10)21-25(4)37(33)41(34)12-2/h16-23H,11-15H2,1-10H3/b18-16+,27-17+,34-19-. The van der Waals surface area contributed by atoms with Gasteiger partial charge >= 0.3 is 0 Å². The molecule has 0 radical (unpaired) electrons. The predicted octanol–water partition coefficient (Wildman–Crippen LogP) is 10.6. The molecule has 0 N–H and O–H groups in total. The van der Waals surface area contributed by atoms with E-state index in [9.17, 15) is 0 Å². The fraction of sp³-hybridized carbons (Fsp3) is 0.436. The van der Waals surface area contributed by atoms with Gasteiger partial charge in [-0.05, 0) is 127 Å². The van der Waals surface area contributed by atoms with Crippen molar-refractivity contribution in [3.05, 3.63) is 104 Å². The van der Waals surface area contributed by atoms with Gasteiger partial charge in [-0.2, -0.15) is 0 Å². The number of hydrogen-bond acceptors (Lipinski definition) is 3. The molecule has 0 bridgehead atoms. The van der Waals surface area contributed by atoms with E-state index in [0.717, 1.165) is 48.8 Å². The van der Waals surface area contributed by atoms with Crippen LogP contribution in [0.15, 0.2) is 76.0 Å². The Morgan fingerprint density at radius 2 is 1.49 bits per heavy atom. The number of ether oxygens (including phenoxy) is 2. The van der Waals surface area contributed by atoms with Crippen LogP contribution in [0.2, 0.25) is 0 Å². The molecule has 1 heterocycles. The van der Waals surface area contributed by atoms with Crippen LogP contribution in [0.4, 0.5) is 5.69 Å². The average molecular weight is 598 g/mol. The van der Waals surface area contributed by atoms with E-state index < -0.39 is 0 Å². The minimum absolute atomic E-state index is 0.102. The van der Waals surface area contributed by atoms with Crippen LogP contribution in [0, 0.1) is 13.8 Å². The van der Waals surface area contributed by atoms with Gasteiger partial charge in [0.25, 0.3) is 0 Å². The van der Waals surface area contributed by atoms with E-state index in [1.54, 1.807) is 14.2 Å². The van der Waals surface area contributed by atoms with E-state index in [0.29, 0.717) is 0 Å². The highest BCUT2D eigenvalue weighted by Gasteiger charge is 2.41. The summed E-state index contributed by atoms with van der Waals surface area (Å²) in [4.78, 5) is 2.46. The van der Waals surface area contributed by atoms with Crippen molar-refractivity contribution in [2.24, 2.45) is 0 Å². The van der Waals surface area contributed by atoms with Gasteiger partial charge in [0.05, 0.1) is 14.2 Å². The third-order valence-corrected chi connectivity index (χ3v) is 10.4. The summed E-state index contributed by atoms with van der Waals surface area (Å²) in [6.45, 7) is 19.1. The molecule has 3 nitrogen and oxygen atoms in total. The van der Waals surface area contributed by atoms with E-state index in [-0.39, 0.29) is 10.8 Å². The maximum atomic E-state index is 7.18. The lowest BCUT2D eigenvalue weighted by Gasteiger charge is -2.26. The minimum atomic E-state index is -0.137. The van der Waals surface area contributed by atoms with Crippen LogP contribution in [0.25, 0.3) is 5.57 Å². The van der Waals surface area contributed by atoms with Gasteiger partial charge in [0.15, 0.2) is 0 Å². The molecule has 0 atom stereocenters. The average Bonchev–Trinajstić information content (AvgIpc) is 3.34. The highest BCUT2D eigenvalue weighted by atomic mass is 35.5. The summed E-state index contributed by atoms with van der Waals surface area (Å²) in [5.41, 5.74) is 14.2. The van der Waals surface area contributed by atoms with Crippen LogP contribution in [0.1, 0.15) is 95.0 Å². The number of benzene rings is 2. The first kappa shape index (κ1) is 31.3. The molecule has 2 aromatic rings. The molecular formula is C39H48ClNO2. The molecule has 0 spiro atoms. The van der Waals surface area contributed by atoms with Crippen molar-refractivity contribution in [1.29, 1.82) is 0 Å². The SMILES string of the molecule is CCC1=C(/C=C/C2=C(Cl)C(=C/C=C3\N(CC)c4c(C)cc(OC)cc4C3(C)C)/CCC2)C(C)(C)c2cc(OC)cc(C)c21.